The number of nitrogens with zero attached hydrogens (tertiary/aromatic N) is 1. The van der Waals surface area contributed by atoms with Gasteiger partial charge in [0, 0.05) is 13.1 Å². The number of hydrogen-bond acceptors (Lipinski definition) is 6. The van der Waals surface area contributed by atoms with E-state index in [0.717, 1.165) is 56.5 Å². The van der Waals surface area contributed by atoms with Gasteiger partial charge >= 0.3 is 12.1 Å². The molecule has 1 saturated heterocycles. The second-order valence-corrected chi connectivity index (χ2v) is 11.2. The highest BCUT2D eigenvalue weighted by molar-refractivity contribution is 5.76. The molecular formula is C27H44N2O5. The van der Waals surface area contributed by atoms with Gasteiger partial charge in [-0.3, -0.25) is 4.79 Å². The van der Waals surface area contributed by atoms with Gasteiger partial charge in [0.2, 0.25) is 0 Å². The van der Waals surface area contributed by atoms with Crippen LogP contribution in [0.3, 0.4) is 0 Å². The van der Waals surface area contributed by atoms with Crippen LogP contribution in [-0.2, 0) is 20.7 Å². The van der Waals surface area contributed by atoms with E-state index in [1.165, 1.54) is 0 Å². The molecule has 1 heterocycles. The number of likely N-dealkylation sites (tertiary alicyclic amines) is 1. The van der Waals surface area contributed by atoms with Gasteiger partial charge in [0.25, 0.3) is 0 Å². The van der Waals surface area contributed by atoms with Gasteiger partial charge in [0.15, 0.2) is 0 Å². The maximum atomic E-state index is 12.2. The molecule has 0 radical (unpaired) electrons. The molecule has 7 nitrogen and oxygen atoms in total. The molecule has 0 spiro atoms. The molecule has 192 valence electrons. The fourth-order valence-corrected chi connectivity index (χ4v) is 3.89. The zero-order chi connectivity index (χ0) is 25.4. The fraction of sp³-hybridized carbons (Fsp3) is 0.704. The van der Waals surface area contributed by atoms with E-state index in [2.05, 4.69) is 0 Å². The Morgan fingerprint density at radius 3 is 2.12 bits per heavy atom. The normalized spacial score (nSPS) is 16.1. The van der Waals surface area contributed by atoms with Crippen molar-refractivity contribution in [1.29, 1.82) is 0 Å². The van der Waals surface area contributed by atoms with Crippen molar-refractivity contribution in [2.75, 3.05) is 19.7 Å². The van der Waals surface area contributed by atoms with Crippen LogP contribution in [0.25, 0.3) is 0 Å². The maximum absolute atomic E-state index is 12.2. The first-order valence-electron chi connectivity index (χ1n) is 12.5. The van der Waals surface area contributed by atoms with Crippen molar-refractivity contribution in [3.63, 3.8) is 0 Å². The minimum atomic E-state index is -0.679. The van der Waals surface area contributed by atoms with Crippen molar-refractivity contribution in [2.24, 2.45) is 11.7 Å². The third-order valence-corrected chi connectivity index (χ3v) is 5.63. The summed E-state index contributed by atoms with van der Waals surface area (Å²) in [5.41, 5.74) is 5.98. The summed E-state index contributed by atoms with van der Waals surface area (Å²) in [4.78, 5) is 26.0. The van der Waals surface area contributed by atoms with Crippen molar-refractivity contribution in [3.8, 4) is 5.75 Å². The molecule has 0 aromatic heterocycles. The van der Waals surface area contributed by atoms with E-state index in [0.29, 0.717) is 18.9 Å². The monoisotopic (exact) mass is 476 g/mol. The van der Waals surface area contributed by atoms with Gasteiger partial charge in [0.1, 0.15) is 23.0 Å². The third kappa shape index (κ3) is 10.8. The van der Waals surface area contributed by atoms with Gasteiger partial charge in [-0.15, -0.1) is 0 Å². The van der Waals surface area contributed by atoms with Crippen LogP contribution in [0.1, 0.15) is 79.2 Å². The number of carbonyl (C=O) groups excluding carboxylic acids is 2. The number of benzene rings is 1. The minimum Gasteiger partial charge on any atom is -0.494 e. The predicted molar refractivity (Wildman–Crippen MR) is 134 cm³/mol. The first-order valence-corrected chi connectivity index (χ1v) is 12.5. The Balaban J connectivity index is 1.60. The van der Waals surface area contributed by atoms with Crippen LogP contribution in [-0.4, -0.2) is 53.9 Å². The molecule has 0 bridgehead atoms. The van der Waals surface area contributed by atoms with Crippen LogP contribution < -0.4 is 10.5 Å². The quantitative estimate of drug-likeness (QED) is 0.394. The van der Waals surface area contributed by atoms with E-state index in [4.69, 9.17) is 19.9 Å². The van der Waals surface area contributed by atoms with E-state index >= 15 is 0 Å². The molecule has 1 aliphatic rings. The minimum absolute atomic E-state index is 0.197. The van der Waals surface area contributed by atoms with Gasteiger partial charge in [0.05, 0.1) is 6.61 Å². The fourth-order valence-electron chi connectivity index (χ4n) is 3.89. The van der Waals surface area contributed by atoms with E-state index in [1.54, 1.807) is 0 Å². The summed E-state index contributed by atoms with van der Waals surface area (Å²) in [5.74, 6) is 1.09. The first kappa shape index (κ1) is 28.0. The Labute approximate surface area is 205 Å². The van der Waals surface area contributed by atoms with Gasteiger partial charge in [-0.25, -0.2) is 4.79 Å². The Kier molecular flexibility index (Phi) is 10.2. The van der Waals surface area contributed by atoms with Crippen LogP contribution >= 0.6 is 0 Å². The first-order chi connectivity index (χ1) is 15.8. The zero-order valence-electron chi connectivity index (χ0n) is 21.9. The van der Waals surface area contributed by atoms with Crippen molar-refractivity contribution < 1.29 is 23.8 Å². The predicted octanol–water partition coefficient (Wildman–Crippen LogP) is 5.09. The number of rotatable bonds is 9. The average molecular weight is 477 g/mol. The molecule has 1 aromatic rings. The number of esters is 1. The average Bonchev–Trinajstić information content (AvgIpc) is 2.72. The molecule has 1 unspecified atom stereocenters. The summed E-state index contributed by atoms with van der Waals surface area (Å²) in [6.45, 7) is 13.4. The molecule has 1 fully saturated rings. The van der Waals surface area contributed by atoms with E-state index in [-0.39, 0.29) is 12.1 Å². The molecule has 2 rings (SSSR count). The topological polar surface area (TPSA) is 91.1 Å². The van der Waals surface area contributed by atoms with Crippen LogP contribution in [0.2, 0.25) is 0 Å². The molecule has 7 heteroatoms. The largest absolute Gasteiger partial charge is 0.494 e. The lowest BCUT2D eigenvalue weighted by Gasteiger charge is -2.33. The SMILES string of the molecule is CC(C)(C)OC(=O)C(N)Cc1ccc(OCCCCC2CCN(C(=O)OC(C)(C)C)CC2)cc1. The Hall–Kier alpha value is -2.28. The van der Waals surface area contributed by atoms with Crippen LogP contribution in [0.15, 0.2) is 24.3 Å². The number of carbonyl (C=O) groups is 2. The Morgan fingerprint density at radius 2 is 1.56 bits per heavy atom. The molecule has 0 saturated carbocycles. The summed E-state index contributed by atoms with van der Waals surface area (Å²) in [5, 5.41) is 0. The highest BCUT2D eigenvalue weighted by Crippen LogP contribution is 2.24. The summed E-state index contributed by atoms with van der Waals surface area (Å²) in [6, 6.07) is 7.05. The molecule has 0 aliphatic carbocycles. The molecule has 1 aromatic carbocycles. The maximum Gasteiger partial charge on any atom is 0.410 e. The van der Waals surface area contributed by atoms with Crippen molar-refractivity contribution in [2.45, 2.75) is 97.3 Å². The van der Waals surface area contributed by atoms with Crippen LogP contribution in [0, 0.1) is 5.92 Å². The second kappa shape index (κ2) is 12.4. The van der Waals surface area contributed by atoms with E-state index in [1.807, 2.05) is 70.7 Å². The van der Waals surface area contributed by atoms with Gasteiger partial charge in [-0.05, 0) is 97.3 Å². The highest BCUT2D eigenvalue weighted by Gasteiger charge is 2.26. The van der Waals surface area contributed by atoms with Crippen molar-refractivity contribution >= 4 is 12.1 Å². The van der Waals surface area contributed by atoms with Crippen molar-refractivity contribution in [1.82, 2.24) is 4.90 Å². The zero-order valence-corrected chi connectivity index (χ0v) is 21.9. The van der Waals surface area contributed by atoms with Crippen LogP contribution in [0.5, 0.6) is 5.75 Å². The number of piperidine rings is 1. The summed E-state index contributed by atoms with van der Waals surface area (Å²) < 4.78 is 16.7. The number of ether oxygens (including phenoxy) is 3. The number of unbranched alkanes of at least 4 members (excludes halogenated alkanes) is 1. The molecule has 1 amide bonds. The van der Waals surface area contributed by atoms with Gasteiger partial charge in [-0.2, -0.15) is 0 Å². The molecule has 1 aliphatic heterocycles. The molecule has 2 N–H and O–H groups in total. The van der Waals surface area contributed by atoms with Crippen LogP contribution in [0.4, 0.5) is 4.79 Å². The smallest absolute Gasteiger partial charge is 0.410 e. The number of hydrogen-bond donors (Lipinski definition) is 1. The van der Waals surface area contributed by atoms with Gasteiger partial charge in [-0.1, -0.05) is 18.6 Å². The summed E-state index contributed by atoms with van der Waals surface area (Å²) in [6.07, 6.45) is 5.57. The third-order valence-electron chi connectivity index (χ3n) is 5.63. The Morgan fingerprint density at radius 1 is 0.971 bits per heavy atom. The number of amides is 1. The Bertz CT molecular complexity index is 772. The van der Waals surface area contributed by atoms with E-state index in [9.17, 15) is 9.59 Å². The van der Waals surface area contributed by atoms with Gasteiger partial charge < -0.3 is 24.8 Å². The second-order valence-electron chi connectivity index (χ2n) is 11.2. The lowest BCUT2D eigenvalue weighted by molar-refractivity contribution is -0.156. The molecular weight excluding hydrogens is 432 g/mol. The standard InChI is InChI=1S/C27H44N2O5/c1-26(2,3)33-24(30)23(28)19-21-10-12-22(13-11-21)32-18-8-7-9-20-14-16-29(17-15-20)25(31)34-27(4,5)6/h10-13,20,23H,7-9,14-19,28H2,1-6H3. The van der Waals surface area contributed by atoms with E-state index < -0.39 is 17.2 Å². The van der Waals surface area contributed by atoms with Crippen molar-refractivity contribution in [3.05, 3.63) is 29.8 Å². The molecule has 1 atom stereocenters. The number of nitrogens with two attached hydrogens (primary N) is 1. The molecule has 34 heavy (non-hydrogen) atoms. The summed E-state index contributed by atoms with van der Waals surface area (Å²) >= 11 is 0. The summed E-state index contributed by atoms with van der Waals surface area (Å²) in [7, 11) is 0. The lowest BCUT2D eigenvalue weighted by Crippen LogP contribution is -2.41. The highest BCUT2D eigenvalue weighted by atomic mass is 16.6. The lowest BCUT2D eigenvalue weighted by atomic mass is 9.92.